The van der Waals surface area contributed by atoms with Crippen molar-refractivity contribution in [1.82, 2.24) is 62.8 Å². The monoisotopic (exact) mass is 1850 g/mol. The summed E-state index contributed by atoms with van der Waals surface area (Å²) < 4.78 is 6.05. The molecule has 12 rings (SSSR count). The second kappa shape index (κ2) is 45.5. The number of carbonyl (C=O) groups is 14. The Morgan fingerprint density at radius 3 is 1.77 bits per heavy atom. The fourth-order valence-corrected chi connectivity index (χ4v) is 17.8. The van der Waals surface area contributed by atoms with Crippen molar-refractivity contribution >= 4 is 152 Å². The lowest BCUT2D eigenvalue weighted by atomic mass is 9.90. The second-order valence-corrected chi connectivity index (χ2v) is 34.8. The molecule has 2 bridgehead atoms. The summed E-state index contributed by atoms with van der Waals surface area (Å²) in [6.45, 7) is 3.49. The molecule has 40 nitrogen and oxygen atoms in total. The Labute approximate surface area is 766 Å². The molecule has 2 saturated heterocycles. The highest BCUT2D eigenvalue weighted by Crippen LogP contribution is 2.43. The number of amides is 13. The number of primary amides is 2. The van der Waals surface area contributed by atoms with Gasteiger partial charge in [0.2, 0.25) is 82.8 Å². The van der Waals surface area contributed by atoms with Crippen LogP contribution < -0.4 is 102 Å². The number of aromatic nitrogens is 3. The van der Waals surface area contributed by atoms with Crippen LogP contribution in [-0.2, 0) is 70.7 Å². The van der Waals surface area contributed by atoms with E-state index in [0.29, 0.717) is 78.4 Å². The summed E-state index contributed by atoms with van der Waals surface area (Å²) in [7, 11) is 0. The molecular weight excluding hydrogens is 1740 g/mol. The van der Waals surface area contributed by atoms with Crippen molar-refractivity contribution < 1.29 is 86.9 Å². The Morgan fingerprint density at radius 2 is 1.14 bits per heavy atom. The molecule has 0 spiro atoms. The molecular formula is C90H107N21O19S2. The van der Waals surface area contributed by atoms with Gasteiger partial charge in [0.05, 0.1) is 25.2 Å². The van der Waals surface area contributed by atoms with Crippen LogP contribution in [0.4, 0.5) is 34.9 Å². The van der Waals surface area contributed by atoms with Gasteiger partial charge in [0, 0.05) is 124 Å². The Bertz CT molecular complexity index is 5690. The molecule has 7 atom stereocenters. The molecule has 1 aromatic heterocycles. The van der Waals surface area contributed by atoms with Crippen LogP contribution in [0.25, 0.3) is 33.4 Å². The molecule has 0 unspecified atom stereocenters. The first-order chi connectivity index (χ1) is 63.4. The number of unbranched alkanes of at least 4 members (excludes halogenated alkanes) is 2. The number of anilines is 6. The highest BCUT2D eigenvalue weighted by molar-refractivity contribution is 7.98. The van der Waals surface area contributed by atoms with E-state index in [1.54, 1.807) is 61.5 Å². The number of thioether (sulfide) groups is 2. The summed E-state index contributed by atoms with van der Waals surface area (Å²) in [5.74, 6) is -11.3. The van der Waals surface area contributed by atoms with Gasteiger partial charge in [0.15, 0.2) is 5.43 Å². The zero-order valence-corrected chi connectivity index (χ0v) is 74.2. The van der Waals surface area contributed by atoms with Crippen LogP contribution in [0, 0.1) is 17.8 Å². The number of nitrogens with one attached hydrogen (secondary N) is 12. The number of benzene rings is 6. The average Bonchev–Trinajstić information content (AvgIpc) is 0.744. The fourth-order valence-electron chi connectivity index (χ4n) is 15.8. The lowest BCUT2D eigenvalue weighted by molar-refractivity contribution is -0.132. The summed E-state index contributed by atoms with van der Waals surface area (Å²) >= 11 is 2.37. The lowest BCUT2D eigenvalue weighted by Gasteiger charge is -2.34. The molecule has 6 aromatic rings. The Balaban J connectivity index is 0.730. The molecule has 1 aliphatic carbocycles. The highest BCUT2D eigenvalue weighted by atomic mass is 32.2. The number of fused-ring (bicyclic) bond motifs is 5. The van der Waals surface area contributed by atoms with E-state index < -0.39 is 156 Å². The van der Waals surface area contributed by atoms with E-state index in [1.807, 2.05) is 16.7 Å². The molecule has 5 aromatic carbocycles. The number of carboxylic acids is 1. The minimum Gasteiger partial charge on any atom is -0.508 e. The van der Waals surface area contributed by atoms with Crippen LogP contribution in [0.15, 0.2) is 124 Å². The van der Waals surface area contributed by atoms with Crippen molar-refractivity contribution in [3.05, 3.63) is 159 Å². The van der Waals surface area contributed by atoms with Crippen molar-refractivity contribution in [2.75, 3.05) is 96.2 Å². The molecule has 42 heteroatoms. The van der Waals surface area contributed by atoms with Gasteiger partial charge < -0.3 is 116 Å². The Morgan fingerprint density at radius 1 is 0.561 bits per heavy atom. The van der Waals surface area contributed by atoms with Gasteiger partial charge in [-0.3, -0.25) is 67.1 Å². The maximum Gasteiger partial charge on any atom is 0.336 e. The van der Waals surface area contributed by atoms with Crippen molar-refractivity contribution in [2.24, 2.45) is 40.7 Å². The van der Waals surface area contributed by atoms with E-state index in [-0.39, 0.29) is 180 Å². The summed E-state index contributed by atoms with van der Waals surface area (Å²) in [5, 5.41) is 64.8. The molecule has 13 amide bonds. The molecule has 23 N–H and O–H groups in total. The number of nitrogens with zero attached hydrogens (tertiary/aromatic N) is 5. The van der Waals surface area contributed by atoms with Crippen LogP contribution >= 0.6 is 23.5 Å². The third-order valence-corrected chi connectivity index (χ3v) is 25.4. The maximum absolute atomic E-state index is 14.5. The van der Waals surface area contributed by atoms with Gasteiger partial charge >= 0.3 is 5.97 Å². The quantitative estimate of drug-likeness (QED) is 0.0248. The Kier molecular flexibility index (Phi) is 33.5. The minimum absolute atomic E-state index is 0.0228. The highest BCUT2D eigenvalue weighted by Gasteiger charge is 2.37. The summed E-state index contributed by atoms with van der Waals surface area (Å²) in [4.78, 5) is 223. The smallest absolute Gasteiger partial charge is 0.336 e. The SMILES string of the molecule is CC[C@H](C)[C@@H]1NC(=O)c2cc(cc(NC(=O)CNC(=O)C3CCN(c4nc(Nc5ccc(-c6c7ccc(=O)cc-7oc7cc(O)ccc67)c(C(=O)O)c5)nc(N5CCC(C(=O)NCC(=O)Nc6ccc7c(c6)C(=O)N[C@@H](CCCCN)C(=O)N[C@@H](Cc6ccc(O)cc6)C(=O)N[C@H](C(N)=O)CSC7)CC5)n4)CC3)c2)CSC[C@@H](C(N)=O)NC(=O)CNC(=O)[C@H](CCCCN)NC1=O. The van der Waals surface area contributed by atoms with E-state index in [1.165, 1.54) is 84.2 Å². The van der Waals surface area contributed by atoms with Crippen LogP contribution in [0.3, 0.4) is 0 Å². The second-order valence-electron chi connectivity index (χ2n) is 32.8. The van der Waals surface area contributed by atoms with E-state index in [9.17, 15) is 87.2 Å². The zero-order chi connectivity index (χ0) is 94.4. The first-order valence-corrected chi connectivity index (χ1v) is 45.7. The summed E-state index contributed by atoms with van der Waals surface area (Å²) in [5.41, 5.74) is 25.8. The van der Waals surface area contributed by atoms with E-state index in [4.69, 9.17) is 42.3 Å². The molecule has 0 radical (unpaired) electrons. The largest absolute Gasteiger partial charge is 0.508 e. The van der Waals surface area contributed by atoms with Crippen molar-refractivity contribution in [1.29, 1.82) is 0 Å². The topological polar surface area (TPSA) is 623 Å². The average molecular weight is 1850 g/mol. The van der Waals surface area contributed by atoms with Gasteiger partial charge in [-0.1, -0.05) is 44.5 Å². The van der Waals surface area contributed by atoms with Crippen LogP contribution in [-0.4, -0.2) is 220 Å². The molecule has 0 saturated carbocycles. The molecule has 5 aliphatic heterocycles. The fraction of sp³-hybridized carbons (Fsp3) is 0.400. The molecule has 2 fully saturated rings. The number of rotatable bonds is 28. The molecule has 6 aliphatic rings. The van der Waals surface area contributed by atoms with Gasteiger partial charge in [-0.05, 0) is 184 Å². The third kappa shape index (κ3) is 26.0. The van der Waals surface area contributed by atoms with Gasteiger partial charge in [-0.2, -0.15) is 38.5 Å². The predicted molar refractivity (Wildman–Crippen MR) is 493 cm³/mol. The minimum atomic E-state index is -1.33. The first kappa shape index (κ1) is 97.1. The summed E-state index contributed by atoms with van der Waals surface area (Å²) in [6, 6.07) is 21.1. The van der Waals surface area contributed by atoms with Crippen LogP contribution in [0.2, 0.25) is 0 Å². The maximum atomic E-state index is 14.5. The van der Waals surface area contributed by atoms with Gasteiger partial charge in [0.1, 0.15) is 59.1 Å². The zero-order valence-electron chi connectivity index (χ0n) is 72.6. The number of carboxylic acid groups (broad SMARTS) is 1. The third-order valence-electron chi connectivity index (χ3n) is 23.2. The van der Waals surface area contributed by atoms with E-state index in [0.717, 1.165) is 0 Å². The number of aromatic carboxylic acids is 1. The number of nitrogens with two attached hydrogens (primary N) is 4. The van der Waals surface area contributed by atoms with Crippen molar-refractivity contribution in [3.63, 3.8) is 0 Å². The van der Waals surface area contributed by atoms with Crippen molar-refractivity contribution in [2.45, 2.75) is 139 Å². The number of phenolic OH excluding ortho intramolecular Hbond substituents is 2. The van der Waals surface area contributed by atoms with Crippen LogP contribution in [0.5, 0.6) is 11.5 Å². The van der Waals surface area contributed by atoms with Crippen molar-refractivity contribution in [3.8, 4) is 33.9 Å². The molecule has 132 heavy (non-hydrogen) atoms. The van der Waals surface area contributed by atoms with Gasteiger partial charge in [0.25, 0.3) is 11.8 Å². The van der Waals surface area contributed by atoms with Crippen LogP contribution in [0.1, 0.15) is 132 Å². The standard InChI is InChI=1S/C90H107N21O19S2/c1-3-47(2)76-86(127)103-65(8-4-6-26-91)83(124)97-42-74(117)101-68(77(93)118)45-131-43-49-32-53(81(122)106-76)35-56(33-49)99-73(116)41-96-80(121)51-24-30-111(31-25-51)90-108-88(100-55-14-19-60(64(37-55)87(128)129)75-61-20-17-58(113)38-70(61)130-71-39-59(114)18-21-62(71)75)107-89(109-90)110-28-22-50(23-29-110)79(120)95-40-72(115)98-54-13-12-52-44-132-46-69(78(94)119)105-85(126)67(34-48-10-15-57(112)16-11-48)104-84(125)66(9-5-7-27-92)102-82(123)63(52)36-54/h10-21,32-33,35-39,47,50-51,65-69,76,112-113H,3-9,22-31,34,40-46,91-92H2,1-2H3,(H2,93,118)(H2,94,119)(H,95,120)(H,96,121)(H,97,124)(H,98,115)(H,99,116)(H,101,117)(H,102,123)(H,103,127)(H,104,125)(H,105,126)(H,106,122)(H,128,129)(H,100,107,108,109)/t47-,65-,66-,67-,68-,69-,76-/m0/s1. The predicted octanol–water partition coefficient (Wildman–Crippen LogP) is 2.81. The number of hydrogen-bond donors (Lipinski definition) is 19. The number of hydrogen-bond acceptors (Lipinski definition) is 28. The first-order valence-electron chi connectivity index (χ1n) is 43.4. The molecule has 6 heterocycles. The molecule has 698 valence electrons. The van der Waals surface area contributed by atoms with E-state index in [2.05, 4.69) is 63.8 Å². The van der Waals surface area contributed by atoms with Gasteiger partial charge in [-0.25, -0.2) is 4.79 Å². The lowest BCUT2D eigenvalue weighted by Crippen LogP contribution is -2.57. The number of piperidine rings is 2. The van der Waals surface area contributed by atoms with Gasteiger partial charge in [-0.15, -0.1) is 0 Å². The Hall–Kier alpha value is -14.0. The number of aromatic hydroxyl groups is 2. The number of phenols is 2. The van der Waals surface area contributed by atoms with E-state index >= 15 is 0 Å². The summed E-state index contributed by atoms with van der Waals surface area (Å²) in [6.07, 6.45) is 3.50. The normalized spacial score (nSPS) is 19.2. The number of carbonyl (C=O) groups excluding carboxylic acids is 13.